The minimum absolute atomic E-state index is 0.0256. The van der Waals surface area contributed by atoms with Gasteiger partial charge < -0.3 is 101 Å². The van der Waals surface area contributed by atoms with E-state index in [0.29, 0.717) is 32.1 Å². The lowest BCUT2D eigenvalue weighted by molar-refractivity contribution is -0.147. The van der Waals surface area contributed by atoms with E-state index < -0.39 is 210 Å². The molecule has 5 rings (SSSR count). The van der Waals surface area contributed by atoms with E-state index in [1.165, 1.54) is 19.6 Å². The predicted octanol–water partition coefficient (Wildman–Crippen LogP) is -2.16. The normalized spacial score (nSPS) is 19.7. The Bertz CT molecular complexity index is 3460. The maximum Gasteiger partial charge on any atom is 0.326 e. The summed E-state index contributed by atoms with van der Waals surface area (Å²) in [5.74, 6) is -15.3. The third kappa shape index (κ3) is 26.9. The van der Waals surface area contributed by atoms with Gasteiger partial charge in [-0.1, -0.05) is 106 Å². The minimum atomic E-state index is -1.63. The molecule has 36 nitrogen and oxygen atoms in total. The maximum atomic E-state index is 14.7. The van der Waals surface area contributed by atoms with Gasteiger partial charge in [0.15, 0.2) is 5.96 Å². The highest BCUT2D eigenvalue weighted by molar-refractivity contribution is 6.01. The molecule has 14 atom stereocenters. The van der Waals surface area contributed by atoms with Gasteiger partial charge in [-0.05, 0) is 125 Å². The lowest BCUT2D eigenvalue weighted by atomic mass is 9.96. The van der Waals surface area contributed by atoms with Crippen molar-refractivity contribution in [3.63, 3.8) is 0 Å². The second kappa shape index (κ2) is 43.4. The Morgan fingerprint density at radius 1 is 0.491 bits per heavy atom. The molecule has 0 aliphatic carbocycles. The van der Waals surface area contributed by atoms with Crippen LogP contribution in [0.2, 0.25) is 0 Å². The number of rotatable bonds is 42. The van der Waals surface area contributed by atoms with Gasteiger partial charge in [-0.15, -0.1) is 0 Å². The molecule has 4 aliphatic heterocycles. The van der Waals surface area contributed by atoms with E-state index in [4.69, 9.17) is 22.9 Å². The number of carboxylic acid groups (broad SMARTS) is 2. The van der Waals surface area contributed by atoms with Crippen molar-refractivity contribution in [2.24, 2.45) is 57.5 Å². The molecule has 19 N–H and O–H groups in total. The third-order valence-corrected chi connectivity index (χ3v) is 20.2. The summed E-state index contributed by atoms with van der Waals surface area (Å²) >= 11 is 0. The SMILES string of the molecule is CC[C@H](C)[C@H](NC(=O)[C@@H]1CCCN1C(=O)[C@H](CC(C)C)NC(=O)CNC(=O)[C@@H]1CCCN1C(=O)[C@@H](NC(=O)[C@H](CC(C)C)NC(=O)[C@H](CCCN=C(N)N)NC(=O)[C@@H](NC(=O)[C@@H]1CCCN1C(=O)[C@H](CCC(=O)O)NC(=O)[C@@H](N)Cc1ccccc1)C(C)C)C(C)C)C(=O)N1CCC[C@H]1C(=O)N[C@@H](CC(N)=O)C(=O)O. The number of aliphatic imine (C=N–C) groups is 1. The predicted molar refractivity (Wildman–Crippen MR) is 402 cm³/mol. The average molecular weight is 1550 g/mol. The fourth-order valence-electron chi connectivity index (χ4n) is 14.1. The van der Waals surface area contributed by atoms with E-state index in [1.807, 2.05) is 13.8 Å². The summed E-state index contributed by atoms with van der Waals surface area (Å²) < 4.78 is 0. The molecule has 0 bridgehead atoms. The first kappa shape index (κ1) is 90.6. The lowest BCUT2D eigenvalue weighted by Crippen LogP contribution is -2.61. The number of nitrogens with two attached hydrogens (primary N) is 4. The van der Waals surface area contributed by atoms with Gasteiger partial charge in [0.05, 0.1) is 19.0 Å². The molecular weight excluding hydrogens is 1430 g/mol. The van der Waals surface area contributed by atoms with E-state index in [0.717, 1.165) is 5.56 Å². The van der Waals surface area contributed by atoms with Crippen LogP contribution in [0.3, 0.4) is 0 Å². The van der Waals surface area contributed by atoms with Crippen LogP contribution in [0.15, 0.2) is 35.3 Å². The Morgan fingerprint density at radius 3 is 1.43 bits per heavy atom. The van der Waals surface area contributed by atoms with Crippen molar-refractivity contribution in [2.45, 2.75) is 257 Å². The molecule has 1 aromatic carbocycles. The van der Waals surface area contributed by atoms with Crippen molar-refractivity contribution < 1.29 is 86.9 Å². The number of likely N-dealkylation sites (tertiary alicyclic amines) is 4. The Hall–Kier alpha value is -10.0. The zero-order valence-electron chi connectivity index (χ0n) is 65.0. The van der Waals surface area contributed by atoms with Gasteiger partial charge in [0.2, 0.25) is 82.7 Å². The number of aliphatic carboxylic acids is 2. The highest BCUT2D eigenvalue weighted by atomic mass is 16.4. The molecule has 4 heterocycles. The smallest absolute Gasteiger partial charge is 0.326 e. The first-order chi connectivity index (χ1) is 51.8. The van der Waals surface area contributed by atoms with Crippen LogP contribution in [0.4, 0.5) is 0 Å². The van der Waals surface area contributed by atoms with Gasteiger partial charge in [-0.25, -0.2) is 4.79 Å². The quantitative estimate of drug-likeness (QED) is 0.0188. The maximum absolute atomic E-state index is 14.7. The Kier molecular flexibility index (Phi) is 35.7. The fourth-order valence-corrected chi connectivity index (χ4v) is 14.1. The molecule has 612 valence electrons. The molecule has 4 aliphatic rings. The van der Waals surface area contributed by atoms with Crippen molar-refractivity contribution in [1.29, 1.82) is 0 Å². The number of primary amides is 1. The zero-order chi connectivity index (χ0) is 82.0. The Balaban J connectivity index is 1.24. The van der Waals surface area contributed by atoms with Gasteiger partial charge in [0.25, 0.3) is 0 Å². The molecule has 0 radical (unpaired) electrons. The van der Waals surface area contributed by atoms with Crippen LogP contribution in [-0.4, -0.2) is 248 Å². The summed E-state index contributed by atoms with van der Waals surface area (Å²) in [6.07, 6.45) is 1.50. The first-order valence-electron chi connectivity index (χ1n) is 38.3. The van der Waals surface area contributed by atoms with Gasteiger partial charge >= 0.3 is 11.9 Å². The van der Waals surface area contributed by atoms with E-state index in [1.54, 1.807) is 85.7 Å². The van der Waals surface area contributed by atoms with Crippen molar-refractivity contribution >= 4 is 101 Å². The molecular formula is C74H118N18O18. The molecule has 0 saturated carbocycles. The summed E-state index contributed by atoms with van der Waals surface area (Å²) in [6.45, 7) is 17.2. The number of benzene rings is 1. The van der Waals surface area contributed by atoms with Crippen molar-refractivity contribution in [3.05, 3.63) is 35.9 Å². The number of amides is 14. The second-order valence-electron chi connectivity index (χ2n) is 30.6. The summed E-state index contributed by atoms with van der Waals surface area (Å²) in [6, 6.07) is -7.22. The van der Waals surface area contributed by atoms with Gasteiger partial charge in [-0.2, -0.15) is 0 Å². The zero-order valence-corrected chi connectivity index (χ0v) is 65.0. The van der Waals surface area contributed by atoms with E-state index in [2.05, 4.69) is 52.8 Å². The molecule has 14 amide bonds. The highest BCUT2D eigenvalue weighted by Gasteiger charge is 2.46. The van der Waals surface area contributed by atoms with Gasteiger partial charge in [0, 0.05) is 39.1 Å². The molecule has 0 aromatic heterocycles. The minimum Gasteiger partial charge on any atom is -0.481 e. The lowest BCUT2D eigenvalue weighted by Gasteiger charge is -2.34. The van der Waals surface area contributed by atoms with E-state index >= 15 is 0 Å². The number of nitrogens with zero attached hydrogens (tertiary/aromatic N) is 5. The first-order valence-corrected chi connectivity index (χ1v) is 38.3. The molecule has 36 heteroatoms. The van der Waals surface area contributed by atoms with Crippen LogP contribution < -0.4 is 70.8 Å². The molecule has 4 saturated heterocycles. The molecule has 110 heavy (non-hydrogen) atoms. The summed E-state index contributed by atoms with van der Waals surface area (Å²) in [7, 11) is 0. The van der Waals surface area contributed by atoms with Crippen LogP contribution >= 0.6 is 0 Å². The fraction of sp³-hybridized carbons (Fsp3) is 0.689. The monoisotopic (exact) mass is 1550 g/mol. The van der Waals surface area contributed by atoms with Gasteiger partial charge in [-0.3, -0.25) is 76.9 Å². The summed E-state index contributed by atoms with van der Waals surface area (Å²) in [5.41, 5.74) is 23.4. The van der Waals surface area contributed by atoms with Crippen molar-refractivity contribution in [1.82, 2.24) is 67.5 Å². The molecule has 0 spiro atoms. The third-order valence-electron chi connectivity index (χ3n) is 20.2. The largest absolute Gasteiger partial charge is 0.481 e. The summed E-state index contributed by atoms with van der Waals surface area (Å²) in [4.78, 5) is 229. The number of carboxylic acids is 2. The standard InChI is InChI=1S/C74H118N18O18/c1-11-43(10)60(72(108)92-33-19-24-52(92)65(101)85-50(73(109)110)37-55(76)93)88-67(103)54-26-18-31-90(54)70(106)49(35-40(4)5)81-56(94)38-80-64(100)51-23-16-32-91(51)71(107)59(42(8)9)87-63(99)48(34-39(2)3)84-62(98)46(22-15-29-79-74(77)78)82-68(104)58(41(6)7)86-66(102)53-25-17-30-89(53)69(105)47(27-28-57(95)96)83-61(97)45(75)36-44-20-13-12-14-21-44/h12-14,20-21,39-43,45-54,58-60H,11,15-19,22-38,75H2,1-10H3,(H2,76,93)(H,80,100)(H,81,94)(H,82,104)(H,83,97)(H,84,98)(H,85,101)(H,86,102)(H,87,99)(H,88,103)(H,95,96)(H,109,110)(H4,77,78,79)/t43-,45-,46-,47-,48-,49-,50-,51-,52-,53-,54-,58-,59-,60-/m0/s1. The van der Waals surface area contributed by atoms with E-state index in [-0.39, 0.29) is 115 Å². The van der Waals surface area contributed by atoms with Crippen LogP contribution in [0.1, 0.15) is 178 Å². The average Bonchev–Trinajstić information content (AvgIpc) is 1.62. The Morgan fingerprint density at radius 2 is 0.945 bits per heavy atom. The number of guanidine groups is 1. The second-order valence-corrected chi connectivity index (χ2v) is 30.6. The van der Waals surface area contributed by atoms with E-state index in [9.17, 15) is 86.9 Å². The van der Waals surface area contributed by atoms with Crippen LogP contribution in [0.25, 0.3) is 0 Å². The topological polar surface area (TPSA) is 551 Å². The summed E-state index contributed by atoms with van der Waals surface area (Å²) in [5, 5.41) is 43.3. The van der Waals surface area contributed by atoms with Gasteiger partial charge in [0.1, 0.15) is 72.5 Å². The van der Waals surface area contributed by atoms with Crippen molar-refractivity contribution in [2.75, 3.05) is 39.3 Å². The highest BCUT2D eigenvalue weighted by Crippen LogP contribution is 2.27. The van der Waals surface area contributed by atoms with Crippen LogP contribution in [0.5, 0.6) is 0 Å². The molecule has 0 unspecified atom stereocenters. The number of hydrogen-bond donors (Lipinski definition) is 15. The molecule has 1 aromatic rings. The molecule has 4 fully saturated rings. The number of hydrogen-bond acceptors (Lipinski definition) is 18. The van der Waals surface area contributed by atoms with Crippen LogP contribution in [0, 0.1) is 29.6 Å². The number of carbonyl (C=O) groups is 16. The van der Waals surface area contributed by atoms with Crippen LogP contribution in [-0.2, 0) is 83.1 Å². The Labute approximate surface area is 642 Å². The number of nitrogens with one attached hydrogen (secondary N) is 9. The van der Waals surface area contributed by atoms with Crippen molar-refractivity contribution in [3.8, 4) is 0 Å². The number of carbonyl (C=O) groups excluding carboxylic acids is 14.